The summed E-state index contributed by atoms with van der Waals surface area (Å²) >= 11 is 0. The number of fused-ring (bicyclic) bond motifs is 3. The number of likely N-dealkylation sites (tertiary alicyclic amines) is 1. The van der Waals surface area contributed by atoms with E-state index < -0.39 is 17.7 Å². The van der Waals surface area contributed by atoms with Crippen LogP contribution < -0.4 is 10.1 Å². The molecule has 0 spiro atoms. The Hall–Kier alpha value is -3.49. The van der Waals surface area contributed by atoms with E-state index >= 15 is 0 Å². The van der Waals surface area contributed by atoms with Crippen LogP contribution in [0.15, 0.2) is 36.5 Å². The van der Waals surface area contributed by atoms with Crippen LogP contribution in [-0.4, -0.2) is 53.0 Å². The quantitative estimate of drug-likeness (QED) is 0.816. The number of nitrogens with one attached hydrogen (secondary N) is 1. The molecule has 3 amide bonds. The largest absolute Gasteiger partial charge is 0.481 e. The Bertz CT molecular complexity index is 1120. The van der Waals surface area contributed by atoms with Gasteiger partial charge in [-0.1, -0.05) is 6.08 Å². The average molecular weight is 426 g/mol. The predicted molar refractivity (Wildman–Crippen MR) is 108 cm³/mol. The first-order valence-corrected chi connectivity index (χ1v) is 9.99. The van der Waals surface area contributed by atoms with Crippen LogP contribution in [0.5, 0.6) is 5.88 Å². The number of aromatic nitrogens is 1. The molecule has 0 unspecified atom stereocenters. The summed E-state index contributed by atoms with van der Waals surface area (Å²) in [4.78, 5) is 32.7. The average Bonchev–Trinajstić information content (AvgIpc) is 3.38. The molecule has 0 radical (unpaired) electrons. The number of ether oxygens (including phenoxy) is 1. The first-order valence-electron chi connectivity index (χ1n) is 9.99. The summed E-state index contributed by atoms with van der Waals surface area (Å²) in [7, 11) is 1.55. The third kappa shape index (κ3) is 3.20. The van der Waals surface area contributed by atoms with Crippen molar-refractivity contribution in [2.45, 2.75) is 19.0 Å². The molecule has 2 atom stereocenters. The van der Waals surface area contributed by atoms with Crippen LogP contribution in [0.3, 0.4) is 0 Å². The number of nitrogens with zero attached hydrogens (tertiary/aromatic N) is 3. The second-order valence-corrected chi connectivity index (χ2v) is 7.91. The smallest absolute Gasteiger partial charge is 0.322 e. The standard InChI is InChI=1S/C22H20F2N4O3/c1-31-21-13(3-2-6-25-21)14-7-12-8-18(14)28(9-12)19(29)11-27-10-15-17(26-22(27)30)5-4-16(23)20(15)24/h2-7,12,18H,8-11H2,1H3,(H,26,30)/t12-,18-/m1/s1. The number of carbonyl (C=O) groups excluding carboxylic acids is 2. The van der Waals surface area contributed by atoms with Crippen molar-refractivity contribution < 1.29 is 23.1 Å². The number of anilines is 1. The molecule has 31 heavy (non-hydrogen) atoms. The molecule has 1 aromatic heterocycles. The molecular weight excluding hydrogens is 406 g/mol. The molecule has 9 heteroatoms. The van der Waals surface area contributed by atoms with Gasteiger partial charge in [-0.15, -0.1) is 0 Å². The molecule has 2 bridgehead atoms. The van der Waals surface area contributed by atoms with Crippen LogP contribution in [0, 0.1) is 17.6 Å². The van der Waals surface area contributed by atoms with E-state index in [1.807, 2.05) is 12.1 Å². The van der Waals surface area contributed by atoms with Gasteiger partial charge < -0.3 is 19.9 Å². The van der Waals surface area contributed by atoms with E-state index in [1.165, 1.54) is 11.0 Å². The summed E-state index contributed by atoms with van der Waals surface area (Å²) in [5.74, 6) is -1.52. The Morgan fingerprint density at radius 2 is 2.16 bits per heavy atom. The van der Waals surface area contributed by atoms with Gasteiger partial charge in [0, 0.05) is 23.9 Å². The molecule has 1 aromatic carbocycles. The second kappa shape index (κ2) is 7.33. The van der Waals surface area contributed by atoms with Gasteiger partial charge >= 0.3 is 6.03 Å². The summed E-state index contributed by atoms with van der Waals surface area (Å²) in [5, 5.41) is 2.53. The first-order chi connectivity index (χ1) is 15.0. The fourth-order valence-electron chi connectivity index (χ4n) is 4.67. The number of carbonyl (C=O) groups is 2. The van der Waals surface area contributed by atoms with Crippen molar-refractivity contribution in [3.8, 4) is 5.88 Å². The SMILES string of the molecule is COc1ncccc1C1=C[C@@H]2C[C@H]1N(C(=O)CN1Cc3c(ccc(F)c3F)NC1=O)C2. The van der Waals surface area contributed by atoms with Crippen molar-refractivity contribution in [1.29, 1.82) is 0 Å². The van der Waals surface area contributed by atoms with Crippen LogP contribution in [0.2, 0.25) is 0 Å². The van der Waals surface area contributed by atoms with E-state index in [-0.39, 0.29) is 42.2 Å². The van der Waals surface area contributed by atoms with E-state index in [0.29, 0.717) is 12.4 Å². The zero-order chi connectivity index (χ0) is 21.7. The molecule has 1 N–H and O–H groups in total. The normalized spacial score (nSPS) is 21.6. The second-order valence-electron chi connectivity index (χ2n) is 7.91. The van der Waals surface area contributed by atoms with E-state index in [9.17, 15) is 18.4 Å². The van der Waals surface area contributed by atoms with Gasteiger partial charge in [0.05, 0.1) is 25.4 Å². The molecule has 1 fully saturated rings. The van der Waals surface area contributed by atoms with Gasteiger partial charge in [-0.2, -0.15) is 0 Å². The Labute approximate surface area is 177 Å². The molecule has 3 heterocycles. The third-order valence-corrected chi connectivity index (χ3v) is 6.10. The van der Waals surface area contributed by atoms with Gasteiger partial charge in [0.15, 0.2) is 11.6 Å². The molecular formula is C22H20F2N4O3. The minimum atomic E-state index is -1.01. The number of pyridine rings is 1. The van der Waals surface area contributed by atoms with Gasteiger partial charge in [0.1, 0.15) is 6.54 Å². The van der Waals surface area contributed by atoms with Crippen molar-refractivity contribution in [2.24, 2.45) is 5.92 Å². The van der Waals surface area contributed by atoms with Crippen molar-refractivity contribution in [3.63, 3.8) is 0 Å². The minimum absolute atomic E-state index is 0.0380. The van der Waals surface area contributed by atoms with Crippen molar-refractivity contribution >= 4 is 23.2 Å². The van der Waals surface area contributed by atoms with E-state index in [1.54, 1.807) is 18.2 Å². The van der Waals surface area contributed by atoms with E-state index in [0.717, 1.165) is 23.6 Å². The van der Waals surface area contributed by atoms with Gasteiger partial charge in [-0.3, -0.25) is 4.79 Å². The van der Waals surface area contributed by atoms with Gasteiger partial charge in [-0.05, 0) is 42.2 Å². The number of methoxy groups -OCH3 is 1. The molecule has 160 valence electrons. The molecule has 3 aliphatic rings. The fourth-order valence-corrected chi connectivity index (χ4v) is 4.67. The number of urea groups is 1. The maximum atomic E-state index is 14.2. The summed E-state index contributed by atoms with van der Waals surface area (Å²) in [6.45, 7) is 0.171. The number of rotatable bonds is 4. The van der Waals surface area contributed by atoms with Gasteiger partial charge in [0.25, 0.3) is 0 Å². The van der Waals surface area contributed by atoms with Crippen LogP contribution in [0.25, 0.3) is 5.57 Å². The highest BCUT2D eigenvalue weighted by Gasteiger charge is 2.43. The van der Waals surface area contributed by atoms with Crippen molar-refractivity contribution in [1.82, 2.24) is 14.8 Å². The number of amides is 3. The number of hydrogen-bond acceptors (Lipinski definition) is 4. The van der Waals surface area contributed by atoms with Gasteiger partial charge in [0.2, 0.25) is 11.8 Å². The van der Waals surface area contributed by atoms with E-state index in [4.69, 9.17) is 4.74 Å². The lowest BCUT2D eigenvalue weighted by molar-refractivity contribution is -0.132. The molecule has 2 aromatic rings. The third-order valence-electron chi connectivity index (χ3n) is 6.10. The zero-order valence-electron chi connectivity index (χ0n) is 16.8. The van der Waals surface area contributed by atoms with Gasteiger partial charge in [-0.25, -0.2) is 18.6 Å². The number of benzene rings is 1. The van der Waals surface area contributed by atoms with E-state index in [2.05, 4.69) is 16.4 Å². The zero-order valence-corrected chi connectivity index (χ0v) is 16.8. The highest BCUT2D eigenvalue weighted by Crippen LogP contribution is 2.43. The Morgan fingerprint density at radius 3 is 2.94 bits per heavy atom. The number of halogens is 2. The molecule has 1 saturated heterocycles. The highest BCUT2D eigenvalue weighted by molar-refractivity contribution is 5.95. The molecule has 5 rings (SSSR count). The fraction of sp³-hybridized carbons (Fsp3) is 0.318. The maximum absolute atomic E-state index is 14.2. The highest BCUT2D eigenvalue weighted by atomic mass is 19.2. The van der Waals surface area contributed by atoms with Crippen LogP contribution in [0.4, 0.5) is 19.3 Å². The monoisotopic (exact) mass is 426 g/mol. The van der Waals surface area contributed by atoms with Crippen molar-refractivity contribution in [3.05, 3.63) is 59.3 Å². The van der Waals surface area contributed by atoms with Crippen LogP contribution >= 0.6 is 0 Å². The lowest BCUT2D eigenvalue weighted by atomic mass is 10.0. The predicted octanol–water partition coefficient (Wildman–Crippen LogP) is 3.03. The topological polar surface area (TPSA) is 74.8 Å². The van der Waals surface area contributed by atoms with Crippen molar-refractivity contribution in [2.75, 3.05) is 25.5 Å². The molecule has 1 aliphatic carbocycles. The molecule has 2 aliphatic heterocycles. The summed E-state index contributed by atoms with van der Waals surface area (Å²) in [5.41, 5.74) is 2.09. The number of hydrogen-bond donors (Lipinski definition) is 1. The maximum Gasteiger partial charge on any atom is 0.322 e. The lowest BCUT2D eigenvalue weighted by Gasteiger charge is -2.33. The Balaban J connectivity index is 1.34. The van der Waals surface area contributed by atoms with Crippen LogP contribution in [0.1, 0.15) is 17.5 Å². The summed E-state index contributed by atoms with van der Waals surface area (Å²) < 4.78 is 33.2. The Morgan fingerprint density at radius 1 is 1.32 bits per heavy atom. The lowest BCUT2D eigenvalue weighted by Crippen LogP contribution is -2.48. The molecule has 7 nitrogen and oxygen atoms in total. The first kappa shape index (κ1) is 19.5. The minimum Gasteiger partial charge on any atom is -0.481 e. The summed E-state index contributed by atoms with van der Waals surface area (Å²) in [6.07, 6.45) is 4.60. The summed E-state index contributed by atoms with van der Waals surface area (Å²) in [6, 6.07) is 5.37. The Kier molecular flexibility index (Phi) is 4.60. The molecule has 0 saturated carbocycles. The van der Waals surface area contributed by atoms with Crippen LogP contribution in [-0.2, 0) is 11.3 Å².